The molecule has 9 heteroatoms. The number of hydrogen-bond acceptors (Lipinski definition) is 6. The van der Waals surface area contributed by atoms with Crippen LogP contribution in [-0.2, 0) is 19.6 Å². The van der Waals surface area contributed by atoms with Gasteiger partial charge in [-0.1, -0.05) is 30.8 Å². The molecule has 0 atom stereocenters. The number of nitrogens with one attached hydrogen (secondary N) is 2. The predicted octanol–water partition coefficient (Wildman–Crippen LogP) is 3.18. The molecule has 0 saturated carbocycles. The normalized spacial score (nSPS) is 10.9. The molecule has 0 bridgehead atoms. The van der Waals surface area contributed by atoms with Crippen molar-refractivity contribution in [2.45, 2.75) is 36.5 Å². The molecule has 0 aliphatic heterocycles. The van der Waals surface area contributed by atoms with E-state index in [0.29, 0.717) is 22.6 Å². The molecule has 0 radical (unpaired) electrons. The van der Waals surface area contributed by atoms with Crippen LogP contribution in [0.2, 0.25) is 0 Å². The summed E-state index contributed by atoms with van der Waals surface area (Å²) in [6.07, 6.45) is 1.15. The molecule has 2 aromatic carbocycles. The van der Waals surface area contributed by atoms with Gasteiger partial charge in [-0.3, -0.25) is 14.4 Å². The van der Waals surface area contributed by atoms with Gasteiger partial charge < -0.3 is 5.32 Å². The van der Waals surface area contributed by atoms with E-state index in [1.54, 1.807) is 24.3 Å². The second kappa shape index (κ2) is 9.52. The van der Waals surface area contributed by atoms with Crippen LogP contribution in [0, 0.1) is 0 Å². The number of amides is 2. The number of sulfonamides is 1. The van der Waals surface area contributed by atoms with E-state index >= 15 is 0 Å². The van der Waals surface area contributed by atoms with Crippen molar-refractivity contribution in [2.24, 2.45) is 0 Å². The van der Waals surface area contributed by atoms with E-state index in [0.717, 1.165) is 25.1 Å². The highest BCUT2D eigenvalue weighted by molar-refractivity contribution is 8.13. The quantitative estimate of drug-likeness (QED) is 0.666. The smallest absolute Gasteiger partial charge is 0.264 e. The van der Waals surface area contributed by atoms with Gasteiger partial charge in [-0.15, -0.1) is 0 Å². The number of carbonyl (C=O) groups excluding carboxylic acids is 3. The molecule has 0 aliphatic rings. The molecule has 148 valence electrons. The van der Waals surface area contributed by atoms with E-state index in [2.05, 4.69) is 5.32 Å². The molecule has 0 aromatic heterocycles. The predicted molar refractivity (Wildman–Crippen MR) is 108 cm³/mol. The monoisotopic (exact) mass is 420 g/mol. The fourth-order valence-corrected chi connectivity index (χ4v) is 4.24. The Bertz CT molecular complexity index is 986. The maximum Gasteiger partial charge on any atom is 0.264 e. The first kappa shape index (κ1) is 21.6. The lowest BCUT2D eigenvalue weighted by molar-refractivity contribution is -0.117. The highest BCUT2D eigenvalue weighted by Gasteiger charge is 2.17. The minimum absolute atomic E-state index is 0.0183. The Labute approximate surface area is 168 Å². The SMILES string of the molecule is CCCC(=O)Sc1ccccc1C(=O)Nc1ccc(S(=O)(=O)NC(C)=O)cc1. The van der Waals surface area contributed by atoms with E-state index in [1.165, 1.54) is 24.3 Å². The summed E-state index contributed by atoms with van der Waals surface area (Å²) in [5.74, 6) is -1.10. The summed E-state index contributed by atoms with van der Waals surface area (Å²) in [4.78, 5) is 35.9. The average molecular weight is 421 g/mol. The Morgan fingerprint density at radius 2 is 1.64 bits per heavy atom. The first-order valence-electron chi connectivity index (χ1n) is 8.47. The van der Waals surface area contributed by atoms with Gasteiger partial charge in [0.2, 0.25) is 5.91 Å². The Morgan fingerprint density at radius 1 is 1.00 bits per heavy atom. The highest BCUT2D eigenvalue weighted by atomic mass is 32.2. The van der Waals surface area contributed by atoms with Gasteiger partial charge in [0.15, 0.2) is 5.12 Å². The van der Waals surface area contributed by atoms with Crippen molar-refractivity contribution in [2.75, 3.05) is 5.32 Å². The third-order valence-electron chi connectivity index (χ3n) is 3.51. The topological polar surface area (TPSA) is 109 Å². The van der Waals surface area contributed by atoms with Gasteiger partial charge in [-0.2, -0.15) is 0 Å². The summed E-state index contributed by atoms with van der Waals surface area (Å²) in [5.41, 5.74) is 0.735. The lowest BCUT2D eigenvalue weighted by Crippen LogP contribution is -2.28. The van der Waals surface area contributed by atoms with Crippen molar-refractivity contribution >= 4 is 44.4 Å². The fraction of sp³-hybridized carbons (Fsp3) is 0.211. The molecule has 2 aromatic rings. The first-order chi connectivity index (χ1) is 13.2. The number of benzene rings is 2. The molecular formula is C19H20N2O5S2. The fourth-order valence-electron chi connectivity index (χ4n) is 2.29. The Morgan fingerprint density at radius 3 is 2.25 bits per heavy atom. The highest BCUT2D eigenvalue weighted by Crippen LogP contribution is 2.26. The number of hydrogen-bond donors (Lipinski definition) is 2. The number of thioether (sulfide) groups is 1. The third-order valence-corrected chi connectivity index (χ3v) is 5.97. The summed E-state index contributed by atoms with van der Waals surface area (Å²) in [7, 11) is -3.94. The molecule has 0 spiro atoms. The largest absolute Gasteiger partial charge is 0.322 e. The molecule has 7 nitrogen and oxygen atoms in total. The molecular weight excluding hydrogens is 400 g/mol. The summed E-state index contributed by atoms with van der Waals surface area (Å²) >= 11 is 1.03. The van der Waals surface area contributed by atoms with Crippen molar-refractivity contribution in [1.82, 2.24) is 4.72 Å². The molecule has 2 N–H and O–H groups in total. The molecule has 0 unspecified atom stereocenters. The minimum atomic E-state index is -3.94. The summed E-state index contributed by atoms with van der Waals surface area (Å²) < 4.78 is 25.8. The lowest BCUT2D eigenvalue weighted by Gasteiger charge is -2.10. The van der Waals surface area contributed by atoms with Gasteiger partial charge in [0, 0.05) is 23.9 Å². The van der Waals surface area contributed by atoms with Crippen LogP contribution in [-0.4, -0.2) is 25.3 Å². The van der Waals surface area contributed by atoms with Gasteiger partial charge in [-0.05, 0) is 42.8 Å². The van der Waals surface area contributed by atoms with Crippen molar-refractivity contribution < 1.29 is 22.8 Å². The second-order valence-corrected chi connectivity index (χ2v) is 8.64. The molecule has 0 aliphatic carbocycles. The third kappa shape index (κ3) is 5.93. The van der Waals surface area contributed by atoms with Crippen LogP contribution in [0.25, 0.3) is 0 Å². The Kier molecular flexibility index (Phi) is 7.36. The van der Waals surface area contributed by atoms with Crippen LogP contribution in [0.1, 0.15) is 37.0 Å². The maximum absolute atomic E-state index is 12.6. The summed E-state index contributed by atoms with van der Waals surface area (Å²) in [6.45, 7) is 3.01. The zero-order chi connectivity index (χ0) is 20.7. The zero-order valence-electron chi connectivity index (χ0n) is 15.4. The summed E-state index contributed by atoms with van der Waals surface area (Å²) in [5, 5.41) is 2.66. The molecule has 0 fully saturated rings. The van der Waals surface area contributed by atoms with Crippen LogP contribution >= 0.6 is 11.8 Å². The van der Waals surface area contributed by atoms with Crippen LogP contribution in [0.5, 0.6) is 0 Å². The van der Waals surface area contributed by atoms with Crippen molar-refractivity contribution in [3.05, 3.63) is 54.1 Å². The molecule has 0 heterocycles. The molecule has 28 heavy (non-hydrogen) atoms. The second-order valence-electron chi connectivity index (χ2n) is 5.86. The zero-order valence-corrected chi connectivity index (χ0v) is 17.0. The van der Waals surface area contributed by atoms with Crippen molar-refractivity contribution in [1.29, 1.82) is 0 Å². The molecule has 2 rings (SSSR count). The Balaban J connectivity index is 2.16. The number of carbonyl (C=O) groups is 3. The van der Waals surface area contributed by atoms with Gasteiger partial charge in [0.05, 0.1) is 10.5 Å². The van der Waals surface area contributed by atoms with Crippen molar-refractivity contribution in [3.8, 4) is 0 Å². The first-order valence-corrected chi connectivity index (χ1v) is 10.8. The van der Waals surface area contributed by atoms with Crippen LogP contribution < -0.4 is 10.0 Å². The van der Waals surface area contributed by atoms with Gasteiger partial charge in [0.25, 0.3) is 15.9 Å². The summed E-state index contributed by atoms with van der Waals surface area (Å²) in [6, 6.07) is 12.2. The van der Waals surface area contributed by atoms with Gasteiger partial charge in [-0.25, -0.2) is 13.1 Å². The van der Waals surface area contributed by atoms with E-state index in [1.807, 2.05) is 11.6 Å². The van der Waals surface area contributed by atoms with Gasteiger partial charge in [0.1, 0.15) is 0 Å². The van der Waals surface area contributed by atoms with E-state index in [-0.39, 0.29) is 10.0 Å². The Hall–Kier alpha value is -2.65. The van der Waals surface area contributed by atoms with Crippen LogP contribution in [0.4, 0.5) is 5.69 Å². The number of anilines is 1. The molecule has 0 saturated heterocycles. The number of rotatable bonds is 7. The van der Waals surface area contributed by atoms with E-state index < -0.39 is 21.8 Å². The standard InChI is InChI=1S/C19H20N2O5S2/c1-3-6-18(23)27-17-8-5-4-7-16(17)19(24)20-14-9-11-15(12-10-14)28(25,26)21-13(2)22/h4-5,7-12H,3,6H2,1-2H3,(H,20,24)(H,21,22). The van der Waals surface area contributed by atoms with Crippen LogP contribution in [0.15, 0.2) is 58.3 Å². The maximum atomic E-state index is 12.6. The van der Waals surface area contributed by atoms with Crippen LogP contribution in [0.3, 0.4) is 0 Å². The lowest BCUT2D eigenvalue weighted by atomic mass is 10.2. The van der Waals surface area contributed by atoms with E-state index in [9.17, 15) is 22.8 Å². The molecule has 2 amide bonds. The van der Waals surface area contributed by atoms with Gasteiger partial charge >= 0.3 is 0 Å². The van der Waals surface area contributed by atoms with E-state index in [4.69, 9.17) is 0 Å². The minimum Gasteiger partial charge on any atom is -0.322 e. The average Bonchev–Trinajstić information content (AvgIpc) is 2.61. The van der Waals surface area contributed by atoms with Crippen molar-refractivity contribution in [3.63, 3.8) is 0 Å².